The average molecular weight is 334 g/mol. The van der Waals surface area contributed by atoms with Crippen LogP contribution in [0.3, 0.4) is 0 Å². The van der Waals surface area contributed by atoms with Crippen LogP contribution in [0.2, 0.25) is 19.6 Å². The van der Waals surface area contributed by atoms with Gasteiger partial charge in [0.15, 0.2) is 0 Å². The van der Waals surface area contributed by atoms with Crippen molar-refractivity contribution >= 4 is 20.3 Å². The van der Waals surface area contributed by atoms with Gasteiger partial charge in [-0.15, -0.1) is 0 Å². The highest BCUT2D eigenvalue weighted by Crippen LogP contribution is 2.31. The summed E-state index contributed by atoms with van der Waals surface area (Å²) in [6.45, 7) is 6.35. The Morgan fingerprint density at radius 2 is 1.48 bits per heavy atom. The minimum atomic E-state index is -1.83. The van der Waals surface area contributed by atoms with E-state index in [1.807, 2.05) is 50.0 Å². The number of hydrogen-bond acceptors (Lipinski definition) is 4. The molecule has 0 aliphatic heterocycles. The second-order valence-corrected chi connectivity index (χ2v) is 11.6. The first-order valence-corrected chi connectivity index (χ1v) is 11.7. The van der Waals surface area contributed by atoms with Gasteiger partial charge in [0, 0.05) is 0 Å². The summed E-state index contributed by atoms with van der Waals surface area (Å²) in [5, 5.41) is 0. The van der Waals surface area contributed by atoms with Crippen LogP contribution >= 0.6 is 0 Å². The maximum atomic E-state index is 12.1. The van der Waals surface area contributed by atoms with E-state index >= 15 is 0 Å². The Kier molecular flexibility index (Phi) is 5.99. The topological polar surface area (TPSA) is 52.6 Å². The third-order valence-corrected chi connectivity index (χ3v) is 4.84. The molecule has 0 spiro atoms. The van der Waals surface area contributed by atoms with Gasteiger partial charge in [-0.2, -0.15) is 0 Å². The third kappa shape index (κ3) is 5.82. The molecule has 1 aliphatic rings. The molecule has 0 saturated heterocycles. The number of ether oxygens (including phenoxy) is 1. The van der Waals surface area contributed by atoms with Crippen LogP contribution < -0.4 is 0 Å². The van der Waals surface area contributed by atoms with E-state index in [2.05, 4.69) is 0 Å². The molecule has 0 heterocycles. The highest BCUT2D eigenvalue weighted by atomic mass is 28.4. The normalized spacial score (nSPS) is 21.5. The molecular formula is C18H26O4Si. The van der Waals surface area contributed by atoms with Gasteiger partial charge in [-0.25, -0.2) is 0 Å². The molecule has 1 aromatic rings. The molecule has 0 N–H and O–H groups in total. The van der Waals surface area contributed by atoms with Crippen LogP contribution in [-0.4, -0.2) is 20.3 Å². The fraction of sp³-hybridized carbons (Fsp3) is 0.556. The summed E-state index contributed by atoms with van der Waals surface area (Å²) in [6, 6.07) is 9.68. The predicted octanol–water partition coefficient (Wildman–Crippen LogP) is 3.91. The van der Waals surface area contributed by atoms with Crippen LogP contribution in [0.1, 0.15) is 31.2 Å². The van der Waals surface area contributed by atoms with Gasteiger partial charge in [0.25, 0.3) is 5.97 Å². The van der Waals surface area contributed by atoms with Gasteiger partial charge in [-0.05, 0) is 50.9 Å². The molecule has 0 atom stereocenters. The van der Waals surface area contributed by atoms with Crippen molar-refractivity contribution in [2.75, 3.05) is 0 Å². The van der Waals surface area contributed by atoms with Gasteiger partial charge in [0.1, 0.15) is 6.61 Å². The lowest BCUT2D eigenvalue weighted by Gasteiger charge is -2.28. The largest absolute Gasteiger partial charge is 0.520 e. The monoisotopic (exact) mass is 334 g/mol. The van der Waals surface area contributed by atoms with Crippen molar-refractivity contribution in [1.29, 1.82) is 0 Å². The average Bonchev–Trinajstić information content (AvgIpc) is 2.52. The van der Waals surface area contributed by atoms with Crippen molar-refractivity contribution in [3.63, 3.8) is 0 Å². The molecule has 5 heteroatoms. The van der Waals surface area contributed by atoms with Gasteiger partial charge >= 0.3 is 5.97 Å². The Bertz CT molecular complexity index is 528. The number of esters is 1. The van der Waals surface area contributed by atoms with Crippen molar-refractivity contribution < 1.29 is 18.8 Å². The van der Waals surface area contributed by atoms with Gasteiger partial charge < -0.3 is 9.16 Å². The molecule has 1 aromatic carbocycles. The minimum Gasteiger partial charge on any atom is -0.520 e. The van der Waals surface area contributed by atoms with Crippen LogP contribution in [0, 0.1) is 11.8 Å². The highest BCUT2D eigenvalue weighted by Gasteiger charge is 2.33. The minimum absolute atomic E-state index is 0.0556. The van der Waals surface area contributed by atoms with Gasteiger partial charge in [0.2, 0.25) is 8.32 Å². The molecule has 1 fully saturated rings. The zero-order valence-electron chi connectivity index (χ0n) is 14.2. The molecule has 1 saturated carbocycles. The molecule has 0 bridgehead atoms. The first-order valence-electron chi connectivity index (χ1n) is 8.28. The zero-order valence-corrected chi connectivity index (χ0v) is 15.2. The van der Waals surface area contributed by atoms with E-state index < -0.39 is 8.32 Å². The molecule has 126 valence electrons. The maximum Gasteiger partial charge on any atom is 0.309 e. The van der Waals surface area contributed by atoms with Crippen LogP contribution in [0.25, 0.3) is 0 Å². The molecule has 0 unspecified atom stereocenters. The Balaban J connectivity index is 1.75. The van der Waals surface area contributed by atoms with Crippen molar-refractivity contribution in [3.8, 4) is 0 Å². The van der Waals surface area contributed by atoms with Crippen LogP contribution in [0.15, 0.2) is 30.3 Å². The van der Waals surface area contributed by atoms with E-state index in [9.17, 15) is 9.59 Å². The lowest BCUT2D eigenvalue weighted by molar-refractivity contribution is -0.153. The summed E-state index contributed by atoms with van der Waals surface area (Å²) in [5.41, 5.74) is 0.994. The second kappa shape index (κ2) is 7.77. The van der Waals surface area contributed by atoms with Gasteiger partial charge in [0.05, 0.1) is 11.8 Å². The Hall–Kier alpha value is -1.62. The predicted molar refractivity (Wildman–Crippen MR) is 91.1 cm³/mol. The number of carbonyl (C=O) groups is 2. The summed E-state index contributed by atoms with van der Waals surface area (Å²) < 4.78 is 11.0. The molecule has 0 amide bonds. The molecule has 1 aliphatic carbocycles. The van der Waals surface area contributed by atoms with E-state index in [-0.39, 0.29) is 23.8 Å². The molecule has 4 nitrogen and oxygen atoms in total. The Morgan fingerprint density at radius 3 is 2.00 bits per heavy atom. The van der Waals surface area contributed by atoms with Crippen LogP contribution in [-0.2, 0) is 25.4 Å². The first-order chi connectivity index (χ1) is 10.8. The SMILES string of the molecule is C[Si](C)(C)OC(=O)C1CCC(C(=O)OCc2ccccc2)CC1. The van der Waals surface area contributed by atoms with Gasteiger partial charge in [-0.1, -0.05) is 30.3 Å². The van der Waals surface area contributed by atoms with Crippen LogP contribution in [0.5, 0.6) is 0 Å². The molecule has 2 rings (SSSR count). The number of carbonyl (C=O) groups excluding carboxylic acids is 2. The summed E-state index contributed by atoms with van der Waals surface area (Å²) >= 11 is 0. The lowest BCUT2D eigenvalue weighted by Crippen LogP contribution is -2.35. The standard InChI is InChI=1S/C18H26O4Si/c1-23(2,3)22-18(20)16-11-9-15(10-12-16)17(19)21-13-14-7-5-4-6-8-14/h4-8,15-16H,9-13H2,1-3H3. The quantitative estimate of drug-likeness (QED) is 0.605. The van der Waals surface area contributed by atoms with Crippen molar-refractivity contribution in [2.45, 2.75) is 51.9 Å². The summed E-state index contributed by atoms with van der Waals surface area (Å²) in [4.78, 5) is 24.2. The summed E-state index contributed by atoms with van der Waals surface area (Å²) in [6.07, 6.45) is 2.85. The van der Waals surface area contributed by atoms with Crippen molar-refractivity contribution in [3.05, 3.63) is 35.9 Å². The van der Waals surface area contributed by atoms with E-state index in [0.717, 1.165) is 5.56 Å². The first kappa shape index (κ1) is 17.7. The fourth-order valence-electron chi connectivity index (χ4n) is 2.80. The van der Waals surface area contributed by atoms with E-state index in [4.69, 9.17) is 9.16 Å². The second-order valence-electron chi connectivity index (χ2n) is 7.18. The van der Waals surface area contributed by atoms with E-state index in [0.29, 0.717) is 32.3 Å². The van der Waals surface area contributed by atoms with E-state index in [1.165, 1.54) is 0 Å². The Labute approximate surface area is 139 Å². The number of benzene rings is 1. The summed E-state index contributed by atoms with van der Waals surface area (Å²) in [5.74, 6) is -0.374. The lowest BCUT2D eigenvalue weighted by atomic mass is 9.82. The molecular weight excluding hydrogens is 308 g/mol. The Morgan fingerprint density at radius 1 is 0.957 bits per heavy atom. The fourth-order valence-corrected chi connectivity index (χ4v) is 3.57. The number of hydrogen-bond donors (Lipinski definition) is 0. The van der Waals surface area contributed by atoms with E-state index in [1.54, 1.807) is 0 Å². The molecule has 0 aromatic heterocycles. The maximum absolute atomic E-state index is 12.1. The third-order valence-electron chi connectivity index (χ3n) is 4.02. The molecule has 23 heavy (non-hydrogen) atoms. The zero-order chi connectivity index (χ0) is 16.9. The van der Waals surface area contributed by atoms with Crippen molar-refractivity contribution in [1.82, 2.24) is 0 Å². The van der Waals surface area contributed by atoms with Crippen LogP contribution in [0.4, 0.5) is 0 Å². The van der Waals surface area contributed by atoms with Crippen molar-refractivity contribution in [2.24, 2.45) is 11.8 Å². The number of rotatable bonds is 5. The highest BCUT2D eigenvalue weighted by molar-refractivity contribution is 6.71. The summed E-state index contributed by atoms with van der Waals surface area (Å²) in [7, 11) is -1.83. The van der Waals surface area contributed by atoms with Gasteiger partial charge in [-0.3, -0.25) is 9.59 Å². The smallest absolute Gasteiger partial charge is 0.309 e. The molecule has 0 radical (unpaired) electrons.